The van der Waals surface area contributed by atoms with Gasteiger partial charge in [-0.15, -0.1) is 0 Å². The summed E-state index contributed by atoms with van der Waals surface area (Å²) in [5.74, 6) is -0.376. The molecule has 2 heterocycles. The molecule has 0 atom stereocenters. The average Bonchev–Trinajstić information content (AvgIpc) is 2.49. The van der Waals surface area contributed by atoms with Crippen molar-refractivity contribution < 1.29 is 9.90 Å². The number of pyridine rings is 2. The third-order valence-corrected chi connectivity index (χ3v) is 2.85. The van der Waals surface area contributed by atoms with E-state index in [-0.39, 0.29) is 17.4 Å². The van der Waals surface area contributed by atoms with Crippen molar-refractivity contribution in [2.75, 3.05) is 5.32 Å². The summed E-state index contributed by atoms with van der Waals surface area (Å²) in [5.41, 5.74) is 1.11. The molecule has 1 amide bonds. The Morgan fingerprint density at radius 3 is 2.75 bits per heavy atom. The van der Waals surface area contributed by atoms with Gasteiger partial charge in [0.25, 0.3) is 5.91 Å². The molecule has 0 aliphatic rings. The Kier molecular flexibility index (Phi) is 3.01. The first kappa shape index (κ1) is 12.1. The molecular formula is C15H11N3O2. The number of carbonyl (C=O) groups is 1. The Hall–Kier alpha value is -2.95. The number of hydrogen-bond acceptors (Lipinski definition) is 4. The molecule has 0 fully saturated rings. The second kappa shape index (κ2) is 4.97. The van der Waals surface area contributed by atoms with Gasteiger partial charge in [-0.25, -0.2) is 9.97 Å². The molecule has 1 aromatic carbocycles. The third kappa shape index (κ3) is 2.29. The van der Waals surface area contributed by atoms with Gasteiger partial charge in [0.2, 0.25) is 0 Å². The van der Waals surface area contributed by atoms with Crippen LogP contribution in [-0.2, 0) is 0 Å². The molecule has 2 aromatic heterocycles. The Bertz CT molecular complexity index is 787. The van der Waals surface area contributed by atoms with Crippen LogP contribution in [0.4, 0.5) is 5.69 Å². The minimum Gasteiger partial charge on any atom is -0.506 e. The van der Waals surface area contributed by atoms with Crippen LogP contribution in [0.2, 0.25) is 0 Å². The van der Waals surface area contributed by atoms with Crippen molar-refractivity contribution in [3.05, 3.63) is 60.4 Å². The molecule has 0 radical (unpaired) electrons. The van der Waals surface area contributed by atoms with Crippen LogP contribution in [0, 0.1) is 0 Å². The van der Waals surface area contributed by atoms with E-state index in [0.29, 0.717) is 11.3 Å². The van der Waals surface area contributed by atoms with E-state index < -0.39 is 0 Å². The average molecular weight is 265 g/mol. The number of para-hydroxylation sites is 2. The van der Waals surface area contributed by atoms with Crippen LogP contribution in [-0.4, -0.2) is 21.0 Å². The molecule has 0 aliphatic heterocycles. The second-order valence-electron chi connectivity index (χ2n) is 4.22. The molecule has 3 aromatic rings. The largest absolute Gasteiger partial charge is 0.506 e. The number of amides is 1. The van der Waals surface area contributed by atoms with Gasteiger partial charge in [-0.05, 0) is 36.4 Å². The van der Waals surface area contributed by atoms with Gasteiger partial charge >= 0.3 is 0 Å². The van der Waals surface area contributed by atoms with Gasteiger partial charge in [-0.2, -0.15) is 0 Å². The van der Waals surface area contributed by atoms with Crippen molar-refractivity contribution in [3.63, 3.8) is 0 Å². The fourth-order valence-electron chi connectivity index (χ4n) is 1.85. The lowest BCUT2D eigenvalue weighted by molar-refractivity contribution is 0.102. The molecule has 20 heavy (non-hydrogen) atoms. The third-order valence-electron chi connectivity index (χ3n) is 2.85. The topological polar surface area (TPSA) is 75.1 Å². The molecule has 5 heteroatoms. The number of hydrogen-bond donors (Lipinski definition) is 2. The highest BCUT2D eigenvalue weighted by Gasteiger charge is 2.10. The molecule has 0 saturated carbocycles. The van der Waals surface area contributed by atoms with Crippen LogP contribution in [0.15, 0.2) is 54.7 Å². The first-order valence-corrected chi connectivity index (χ1v) is 6.05. The summed E-state index contributed by atoms with van der Waals surface area (Å²) in [7, 11) is 0. The number of benzene rings is 1. The van der Waals surface area contributed by atoms with Gasteiger partial charge in [-0.1, -0.05) is 12.1 Å². The fourth-order valence-corrected chi connectivity index (χ4v) is 1.85. The van der Waals surface area contributed by atoms with Gasteiger partial charge in [0.1, 0.15) is 11.4 Å². The lowest BCUT2D eigenvalue weighted by Crippen LogP contribution is -2.13. The number of aromatic hydroxyl groups is 1. The van der Waals surface area contributed by atoms with Crippen molar-refractivity contribution in [2.24, 2.45) is 0 Å². The zero-order valence-electron chi connectivity index (χ0n) is 10.4. The number of carbonyl (C=O) groups excluding carboxylic acids is 1. The Morgan fingerprint density at radius 2 is 1.90 bits per heavy atom. The van der Waals surface area contributed by atoms with Gasteiger partial charge in [-0.3, -0.25) is 4.79 Å². The predicted octanol–water partition coefficient (Wildman–Crippen LogP) is 2.59. The number of phenolic OH excluding ortho intramolecular Hbond substituents is 1. The van der Waals surface area contributed by atoms with E-state index in [1.165, 1.54) is 6.07 Å². The van der Waals surface area contributed by atoms with Crippen LogP contribution in [0.1, 0.15) is 10.5 Å². The maximum atomic E-state index is 12.1. The van der Waals surface area contributed by atoms with Crippen LogP contribution in [0.25, 0.3) is 11.0 Å². The highest BCUT2D eigenvalue weighted by atomic mass is 16.3. The Morgan fingerprint density at radius 1 is 1.05 bits per heavy atom. The molecular weight excluding hydrogens is 254 g/mol. The van der Waals surface area contributed by atoms with Gasteiger partial charge in [0.05, 0.1) is 5.69 Å². The van der Waals surface area contributed by atoms with E-state index in [4.69, 9.17) is 0 Å². The van der Waals surface area contributed by atoms with E-state index in [2.05, 4.69) is 15.3 Å². The number of anilines is 1. The lowest BCUT2D eigenvalue weighted by Gasteiger charge is -2.06. The van der Waals surface area contributed by atoms with Crippen molar-refractivity contribution >= 4 is 22.6 Å². The van der Waals surface area contributed by atoms with E-state index >= 15 is 0 Å². The minimum atomic E-state index is -0.390. The predicted molar refractivity (Wildman–Crippen MR) is 75.6 cm³/mol. The van der Waals surface area contributed by atoms with Crippen LogP contribution in [0.3, 0.4) is 0 Å². The number of fused-ring (bicyclic) bond motifs is 1. The van der Waals surface area contributed by atoms with Gasteiger partial charge in [0, 0.05) is 11.6 Å². The molecule has 3 rings (SSSR count). The van der Waals surface area contributed by atoms with Crippen molar-refractivity contribution in [2.45, 2.75) is 0 Å². The SMILES string of the molecule is O=C(Nc1ccccc1O)c1ccc2cccnc2n1. The maximum Gasteiger partial charge on any atom is 0.274 e. The summed E-state index contributed by atoms with van der Waals surface area (Å²) < 4.78 is 0. The first-order valence-electron chi connectivity index (χ1n) is 6.05. The zero-order chi connectivity index (χ0) is 13.9. The van der Waals surface area contributed by atoms with E-state index in [1.54, 1.807) is 36.5 Å². The zero-order valence-corrected chi connectivity index (χ0v) is 10.4. The molecule has 98 valence electrons. The smallest absolute Gasteiger partial charge is 0.274 e. The fraction of sp³-hybridized carbons (Fsp3) is 0. The Balaban J connectivity index is 1.91. The summed E-state index contributed by atoms with van der Waals surface area (Å²) in [5, 5.41) is 13.1. The molecule has 2 N–H and O–H groups in total. The minimum absolute atomic E-state index is 0.0137. The summed E-state index contributed by atoms with van der Waals surface area (Å²) in [6.45, 7) is 0. The highest BCUT2D eigenvalue weighted by molar-refractivity contribution is 6.04. The normalized spacial score (nSPS) is 10.4. The van der Waals surface area contributed by atoms with Crippen LogP contribution >= 0.6 is 0 Å². The quantitative estimate of drug-likeness (QED) is 0.698. The molecule has 5 nitrogen and oxygen atoms in total. The number of rotatable bonds is 2. The van der Waals surface area contributed by atoms with E-state index in [1.807, 2.05) is 12.1 Å². The molecule has 0 bridgehead atoms. The lowest BCUT2D eigenvalue weighted by atomic mass is 10.2. The highest BCUT2D eigenvalue weighted by Crippen LogP contribution is 2.22. The summed E-state index contributed by atoms with van der Waals surface area (Å²) in [4.78, 5) is 20.4. The van der Waals surface area contributed by atoms with E-state index in [9.17, 15) is 9.90 Å². The monoisotopic (exact) mass is 265 g/mol. The first-order chi connectivity index (χ1) is 9.74. The maximum absolute atomic E-state index is 12.1. The Labute approximate surface area is 114 Å². The molecule has 0 unspecified atom stereocenters. The van der Waals surface area contributed by atoms with Gasteiger partial charge in [0.15, 0.2) is 5.65 Å². The summed E-state index contributed by atoms with van der Waals surface area (Å²) in [6.07, 6.45) is 1.63. The number of aromatic nitrogens is 2. The number of phenols is 1. The van der Waals surface area contributed by atoms with Crippen molar-refractivity contribution in [3.8, 4) is 5.75 Å². The van der Waals surface area contributed by atoms with E-state index in [0.717, 1.165) is 5.39 Å². The van der Waals surface area contributed by atoms with Crippen molar-refractivity contribution in [1.82, 2.24) is 9.97 Å². The molecule has 0 spiro atoms. The van der Waals surface area contributed by atoms with Gasteiger partial charge < -0.3 is 10.4 Å². The molecule has 0 aliphatic carbocycles. The molecule has 0 saturated heterocycles. The summed E-state index contributed by atoms with van der Waals surface area (Å²) >= 11 is 0. The van der Waals surface area contributed by atoms with Crippen LogP contribution in [0.5, 0.6) is 5.75 Å². The second-order valence-corrected chi connectivity index (χ2v) is 4.22. The number of nitrogens with one attached hydrogen (secondary N) is 1. The van der Waals surface area contributed by atoms with Crippen molar-refractivity contribution in [1.29, 1.82) is 0 Å². The van der Waals surface area contributed by atoms with Crippen LogP contribution < -0.4 is 5.32 Å². The standard InChI is InChI=1S/C15H11N3O2/c19-13-6-2-1-5-11(13)18-15(20)12-8-7-10-4-3-9-16-14(10)17-12/h1-9,19H,(H,18,20). The summed E-state index contributed by atoms with van der Waals surface area (Å²) in [6, 6.07) is 13.6. The number of nitrogens with zero attached hydrogens (tertiary/aromatic N) is 2.